The molecule has 2 aliphatic rings. The summed E-state index contributed by atoms with van der Waals surface area (Å²) in [7, 11) is 3.39. The Morgan fingerprint density at radius 1 is 1.04 bits per heavy atom. The molecule has 1 aromatic rings. The van der Waals surface area contributed by atoms with Gasteiger partial charge in [0.2, 0.25) is 0 Å². The molecular weight excluding hydrogens is 312 g/mol. The maximum absolute atomic E-state index is 5.41. The first-order chi connectivity index (χ1) is 12.3. The van der Waals surface area contributed by atoms with Crippen molar-refractivity contribution in [3.8, 4) is 11.5 Å². The highest BCUT2D eigenvalue weighted by atomic mass is 16.5. The molecule has 1 unspecified atom stereocenters. The first kappa shape index (κ1) is 18.5. The molecule has 1 N–H and O–H groups in total. The van der Waals surface area contributed by atoms with Crippen LogP contribution in [0.25, 0.3) is 0 Å². The van der Waals surface area contributed by atoms with E-state index >= 15 is 0 Å². The van der Waals surface area contributed by atoms with E-state index < -0.39 is 0 Å². The topological polar surface area (TPSA) is 33.7 Å². The lowest BCUT2D eigenvalue weighted by Gasteiger charge is -2.34. The fourth-order valence-electron chi connectivity index (χ4n) is 4.30. The van der Waals surface area contributed by atoms with Crippen molar-refractivity contribution in [2.24, 2.45) is 5.92 Å². The normalized spacial score (nSPS) is 22.7. The molecule has 0 aromatic heterocycles. The molecule has 1 aromatic carbocycles. The van der Waals surface area contributed by atoms with Gasteiger partial charge in [0, 0.05) is 12.6 Å². The SMILES string of the molecule is COc1ccc(CCN2CCC(CC3CCCCN3)CC2)cc1OC. The van der Waals surface area contributed by atoms with Gasteiger partial charge in [-0.2, -0.15) is 0 Å². The number of methoxy groups -OCH3 is 2. The van der Waals surface area contributed by atoms with E-state index in [0.29, 0.717) is 0 Å². The molecule has 0 aliphatic carbocycles. The maximum atomic E-state index is 5.41. The Morgan fingerprint density at radius 2 is 1.84 bits per heavy atom. The van der Waals surface area contributed by atoms with Gasteiger partial charge in [0.1, 0.15) is 0 Å². The van der Waals surface area contributed by atoms with Crippen LogP contribution in [0.4, 0.5) is 0 Å². The summed E-state index contributed by atoms with van der Waals surface area (Å²) in [6, 6.07) is 7.07. The molecule has 0 saturated carbocycles. The summed E-state index contributed by atoms with van der Waals surface area (Å²) in [5.74, 6) is 2.56. The Bertz CT molecular complexity index is 521. The molecular formula is C21H34N2O2. The van der Waals surface area contributed by atoms with Gasteiger partial charge in [0.15, 0.2) is 11.5 Å². The second kappa shape index (κ2) is 9.44. The van der Waals surface area contributed by atoms with Crippen LogP contribution >= 0.6 is 0 Å². The molecule has 0 spiro atoms. The van der Waals surface area contributed by atoms with Gasteiger partial charge in [-0.15, -0.1) is 0 Å². The van der Waals surface area contributed by atoms with Crippen molar-refractivity contribution in [1.82, 2.24) is 10.2 Å². The fourth-order valence-corrected chi connectivity index (χ4v) is 4.30. The number of rotatable bonds is 7. The lowest BCUT2D eigenvalue weighted by atomic mass is 9.87. The molecule has 3 rings (SSSR count). The van der Waals surface area contributed by atoms with E-state index in [1.54, 1.807) is 14.2 Å². The fraction of sp³-hybridized carbons (Fsp3) is 0.714. The Balaban J connectivity index is 1.40. The number of ether oxygens (including phenoxy) is 2. The van der Waals surface area contributed by atoms with Crippen LogP contribution in [0.1, 0.15) is 44.1 Å². The lowest BCUT2D eigenvalue weighted by Crippen LogP contribution is -2.39. The average molecular weight is 347 g/mol. The largest absolute Gasteiger partial charge is 0.493 e. The second-order valence-corrected chi connectivity index (χ2v) is 7.61. The molecule has 2 fully saturated rings. The van der Waals surface area contributed by atoms with Crippen molar-refractivity contribution in [2.45, 2.75) is 51.0 Å². The van der Waals surface area contributed by atoms with Crippen LogP contribution in [0.2, 0.25) is 0 Å². The van der Waals surface area contributed by atoms with Crippen molar-refractivity contribution in [2.75, 3.05) is 40.4 Å². The highest BCUT2D eigenvalue weighted by Gasteiger charge is 2.23. The third-order valence-electron chi connectivity index (χ3n) is 5.90. The van der Waals surface area contributed by atoms with E-state index in [1.807, 2.05) is 6.07 Å². The second-order valence-electron chi connectivity index (χ2n) is 7.61. The van der Waals surface area contributed by atoms with Crippen molar-refractivity contribution >= 4 is 0 Å². The van der Waals surface area contributed by atoms with Crippen LogP contribution in [0, 0.1) is 5.92 Å². The predicted octanol–water partition coefficient (Wildman–Crippen LogP) is 3.49. The number of hydrogen-bond acceptors (Lipinski definition) is 4. The number of hydrogen-bond donors (Lipinski definition) is 1. The minimum atomic E-state index is 0.789. The summed E-state index contributed by atoms with van der Waals surface area (Å²) in [4.78, 5) is 2.63. The van der Waals surface area contributed by atoms with E-state index in [0.717, 1.165) is 36.4 Å². The molecule has 140 valence electrons. The number of piperidine rings is 2. The zero-order valence-corrected chi connectivity index (χ0v) is 15.9. The Kier molecular flexibility index (Phi) is 7.00. The summed E-state index contributed by atoms with van der Waals surface area (Å²) < 4.78 is 10.7. The summed E-state index contributed by atoms with van der Waals surface area (Å²) in [6.45, 7) is 4.88. The van der Waals surface area contributed by atoms with E-state index in [1.165, 1.54) is 63.7 Å². The van der Waals surface area contributed by atoms with Crippen LogP contribution in [-0.2, 0) is 6.42 Å². The number of benzene rings is 1. The van der Waals surface area contributed by atoms with Crippen molar-refractivity contribution in [1.29, 1.82) is 0 Å². The molecule has 2 heterocycles. The van der Waals surface area contributed by atoms with Crippen molar-refractivity contribution < 1.29 is 9.47 Å². The number of likely N-dealkylation sites (tertiary alicyclic amines) is 1. The Hall–Kier alpha value is -1.26. The summed E-state index contributed by atoms with van der Waals surface area (Å²) in [5.41, 5.74) is 1.33. The summed E-state index contributed by atoms with van der Waals surface area (Å²) >= 11 is 0. The van der Waals surface area contributed by atoms with Gasteiger partial charge in [-0.3, -0.25) is 0 Å². The molecule has 4 nitrogen and oxygen atoms in total. The van der Waals surface area contributed by atoms with Gasteiger partial charge in [-0.25, -0.2) is 0 Å². The van der Waals surface area contributed by atoms with Crippen LogP contribution in [-0.4, -0.2) is 51.3 Å². The molecule has 2 saturated heterocycles. The average Bonchev–Trinajstić information content (AvgIpc) is 2.68. The lowest BCUT2D eigenvalue weighted by molar-refractivity contribution is 0.168. The standard InChI is InChI=1S/C21H34N2O2/c1-24-20-7-6-17(16-21(20)25-2)8-12-23-13-9-18(10-14-23)15-19-5-3-4-11-22-19/h6-7,16,18-19,22H,3-5,8-15H2,1-2H3. The first-order valence-electron chi connectivity index (χ1n) is 9.95. The van der Waals surface area contributed by atoms with Crippen LogP contribution in [0.15, 0.2) is 18.2 Å². The zero-order valence-electron chi connectivity index (χ0n) is 15.9. The molecule has 2 aliphatic heterocycles. The highest BCUT2D eigenvalue weighted by Crippen LogP contribution is 2.28. The number of nitrogens with zero attached hydrogens (tertiary/aromatic N) is 1. The number of nitrogens with one attached hydrogen (secondary N) is 1. The predicted molar refractivity (Wildman–Crippen MR) is 103 cm³/mol. The van der Waals surface area contributed by atoms with E-state index in [9.17, 15) is 0 Å². The summed E-state index contributed by atoms with van der Waals surface area (Å²) in [6.07, 6.45) is 9.37. The van der Waals surface area contributed by atoms with Gasteiger partial charge in [-0.1, -0.05) is 12.5 Å². The van der Waals surface area contributed by atoms with Crippen LogP contribution in [0.3, 0.4) is 0 Å². The van der Waals surface area contributed by atoms with Crippen molar-refractivity contribution in [3.63, 3.8) is 0 Å². The quantitative estimate of drug-likeness (QED) is 0.819. The van der Waals surface area contributed by atoms with E-state index in [4.69, 9.17) is 9.47 Å². The third kappa shape index (κ3) is 5.35. The molecule has 4 heteroatoms. The molecule has 25 heavy (non-hydrogen) atoms. The Labute approximate surface area is 152 Å². The van der Waals surface area contributed by atoms with Gasteiger partial charge in [-0.05, 0) is 81.8 Å². The highest BCUT2D eigenvalue weighted by molar-refractivity contribution is 5.42. The molecule has 1 atom stereocenters. The molecule has 0 amide bonds. The minimum absolute atomic E-state index is 0.789. The Morgan fingerprint density at radius 3 is 2.52 bits per heavy atom. The van der Waals surface area contributed by atoms with Crippen molar-refractivity contribution in [3.05, 3.63) is 23.8 Å². The van der Waals surface area contributed by atoms with E-state index in [2.05, 4.69) is 22.3 Å². The van der Waals surface area contributed by atoms with Gasteiger partial charge in [0.25, 0.3) is 0 Å². The van der Waals surface area contributed by atoms with Gasteiger partial charge < -0.3 is 19.7 Å². The zero-order chi connectivity index (χ0) is 17.5. The van der Waals surface area contributed by atoms with Gasteiger partial charge >= 0.3 is 0 Å². The molecule has 0 bridgehead atoms. The summed E-state index contributed by atoms with van der Waals surface area (Å²) in [5, 5.41) is 3.71. The van der Waals surface area contributed by atoms with Crippen LogP contribution < -0.4 is 14.8 Å². The maximum Gasteiger partial charge on any atom is 0.160 e. The van der Waals surface area contributed by atoms with Gasteiger partial charge in [0.05, 0.1) is 14.2 Å². The smallest absolute Gasteiger partial charge is 0.160 e. The van der Waals surface area contributed by atoms with E-state index in [-0.39, 0.29) is 0 Å². The minimum Gasteiger partial charge on any atom is -0.493 e. The first-order valence-corrected chi connectivity index (χ1v) is 9.95. The molecule has 0 radical (unpaired) electrons. The third-order valence-corrected chi connectivity index (χ3v) is 5.90. The van der Waals surface area contributed by atoms with Crippen LogP contribution in [0.5, 0.6) is 11.5 Å². The monoisotopic (exact) mass is 346 g/mol.